The van der Waals surface area contributed by atoms with Gasteiger partial charge in [-0.1, -0.05) is 25.3 Å². The van der Waals surface area contributed by atoms with Crippen molar-refractivity contribution in [2.24, 2.45) is 10.7 Å². The Balaban J connectivity index is 1.56. The Labute approximate surface area is 151 Å². The Morgan fingerprint density at radius 2 is 2.08 bits per heavy atom. The summed E-state index contributed by atoms with van der Waals surface area (Å²) in [5.41, 5.74) is 9.15. The Morgan fingerprint density at radius 1 is 1.20 bits per heavy atom. The van der Waals surface area contributed by atoms with Crippen molar-refractivity contribution in [3.8, 4) is 0 Å². The quantitative estimate of drug-likeness (QED) is 0.522. The number of rotatable bonds is 4. The van der Waals surface area contributed by atoms with Crippen LogP contribution in [0.15, 0.2) is 40.7 Å². The number of aliphatic imine (C=N–C) groups is 1. The molecule has 1 aliphatic rings. The van der Waals surface area contributed by atoms with E-state index in [1.165, 1.54) is 24.1 Å². The number of hydrogen-bond acceptors (Lipinski definition) is 3. The van der Waals surface area contributed by atoms with Crippen LogP contribution in [0, 0.1) is 0 Å². The van der Waals surface area contributed by atoms with Gasteiger partial charge in [-0.15, -0.1) is 11.3 Å². The van der Waals surface area contributed by atoms with Gasteiger partial charge in [0.25, 0.3) is 0 Å². The van der Waals surface area contributed by atoms with Crippen LogP contribution in [0.25, 0.3) is 23.2 Å². The summed E-state index contributed by atoms with van der Waals surface area (Å²) in [5, 5.41) is 2.07. The normalized spacial score (nSPS) is 16.9. The predicted octanol–water partition coefficient (Wildman–Crippen LogP) is 4.83. The summed E-state index contributed by atoms with van der Waals surface area (Å²) in [7, 11) is 0. The predicted molar refractivity (Wildman–Crippen MR) is 107 cm³/mol. The first-order valence-corrected chi connectivity index (χ1v) is 9.71. The van der Waals surface area contributed by atoms with E-state index in [1.54, 1.807) is 11.3 Å². The molecule has 2 aromatic heterocycles. The van der Waals surface area contributed by atoms with Crippen LogP contribution in [0.5, 0.6) is 0 Å². The summed E-state index contributed by atoms with van der Waals surface area (Å²) in [6.45, 7) is 0. The van der Waals surface area contributed by atoms with Crippen LogP contribution in [0.2, 0.25) is 0 Å². The van der Waals surface area contributed by atoms with E-state index in [4.69, 9.17) is 10.7 Å². The van der Waals surface area contributed by atoms with E-state index in [-0.39, 0.29) is 0 Å². The number of nitrogens with two attached hydrogens (primary N) is 1. The second-order valence-corrected chi connectivity index (χ2v) is 7.49. The Hall–Kier alpha value is -2.40. The van der Waals surface area contributed by atoms with Crippen LogP contribution in [0.1, 0.15) is 48.4 Å². The molecule has 4 nitrogen and oxygen atoms in total. The van der Waals surface area contributed by atoms with Gasteiger partial charge in [0.15, 0.2) is 0 Å². The summed E-state index contributed by atoms with van der Waals surface area (Å²) in [6.07, 6.45) is 10.2. The van der Waals surface area contributed by atoms with Crippen LogP contribution in [-0.4, -0.2) is 21.8 Å². The lowest BCUT2D eigenvalue weighted by Crippen LogP contribution is -2.19. The maximum absolute atomic E-state index is 6.25. The van der Waals surface area contributed by atoms with Crippen LogP contribution >= 0.6 is 11.3 Å². The molecule has 128 valence electrons. The number of thiophene rings is 1. The number of amidine groups is 1. The highest BCUT2D eigenvalue weighted by molar-refractivity contribution is 7.10. The highest BCUT2D eigenvalue weighted by Gasteiger charge is 2.13. The molecule has 0 atom stereocenters. The van der Waals surface area contributed by atoms with E-state index in [0.29, 0.717) is 11.9 Å². The van der Waals surface area contributed by atoms with Crippen molar-refractivity contribution in [3.63, 3.8) is 0 Å². The summed E-state index contributed by atoms with van der Waals surface area (Å²) >= 11 is 1.71. The summed E-state index contributed by atoms with van der Waals surface area (Å²) in [5.74, 6) is 1.49. The van der Waals surface area contributed by atoms with Crippen LogP contribution in [0.3, 0.4) is 0 Å². The number of nitrogens with zero attached hydrogens (tertiary/aromatic N) is 2. The summed E-state index contributed by atoms with van der Waals surface area (Å²) in [4.78, 5) is 13.9. The molecule has 0 radical (unpaired) electrons. The fourth-order valence-electron chi connectivity index (χ4n) is 3.30. The third kappa shape index (κ3) is 3.82. The second-order valence-electron chi connectivity index (χ2n) is 6.51. The van der Waals surface area contributed by atoms with E-state index in [2.05, 4.69) is 27.5 Å². The zero-order valence-electron chi connectivity index (χ0n) is 14.1. The van der Waals surface area contributed by atoms with Gasteiger partial charge in [0, 0.05) is 10.4 Å². The molecule has 2 heterocycles. The molecule has 0 saturated heterocycles. The average molecular weight is 350 g/mol. The van der Waals surface area contributed by atoms with Gasteiger partial charge in [-0.3, -0.25) is 4.99 Å². The molecule has 0 bridgehead atoms. The number of aromatic nitrogens is 2. The van der Waals surface area contributed by atoms with Crippen LogP contribution in [-0.2, 0) is 0 Å². The number of H-pyrrole nitrogens is 1. The Bertz CT molecular complexity index is 899. The van der Waals surface area contributed by atoms with Crippen molar-refractivity contribution in [3.05, 3.63) is 52.0 Å². The van der Waals surface area contributed by atoms with E-state index >= 15 is 0 Å². The molecule has 1 saturated carbocycles. The molecule has 4 rings (SSSR count). The number of benzene rings is 1. The zero-order chi connectivity index (χ0) is 17.1. The minimum absolute atomic E-state index is 0.385. The lowest BCUT2D eigenvalue weighted by Gasteiger charge is -2.18. The molecule has 25 heavy (non-hydrogen) atoms. The minimum Gasteiger partial charge on any atom is -0.383 e. The summed E-state index contributed by atoms with van der Waals surface area (Å²) in [6, 6.07) is 10.6. The highest BCUT2D eigenvalue weighted by atomic mass is 32.1. The van der Waals surface area contributed by atoms with Gasteiger partial charge in [0.2, 0.25) is 0 Å². The van der Waals surface area contributed by atoms with Gasteiger partial charge < -0.3 is 10.7 Å². The molecule has 0 aliphatic heterocycles. The highest BCUT2D eigenvalue weighted by Crippen LogP contribution is 2.21. The van der Waals surface area contributed by atoms with Crippen LogP contribution in [0.4, 0.5) is 0 Å². The topological polar surface area (TPSA) is 67.1 Å². The molecule has 0 amide bonds. The van der Waals surface area contributed by atoms with Gasteiger partial charge in [-0.05, 0) is 54.6 Å². The monoisotopic (exact) mass is 350 g/mol. The summed E-state index contributed by atoms with van der Waals surface area (Å²) < 4.78 is 0. The maximum atomic E-state index is 6.25. The molecule has 1 aromatic carbocycles. The van der Waals surface area contributed by atoms with Crippen molar-refractivity contribution in [2.75, 3.05) is 0 Å². The van der Waals surface area contributed by atoms with Crippen molar-refractivity contribution in [1.29, 1.82) is 0 Å². The fourth-order valence-corrected chi connectivity index (χ4v) is 3.91. The van der Waals surface area contributed by atoms with Gasteiger partial charge >= 0.3 is 0 Å². The maximum Gasteiger partial charge on any atom is 0.131 e. The second kappa shape index (κ2) is 7.23. The van der Waals surface area contributed by atoms with Crippen molar-refractivity contribution >= 4 is 40.4 Å². The van der Waals surface area contributed by atoms with E-state index in [1.807, 2.05) is 30.3 Å². The van der Waals surface area contributed by atoms with Gasteiger partial charge in [-0.25, -0.2) is 4.98 Å². The molecule has 3 N–H and O–H groups in total. The number of aromatic amines is 1. The Morgan fingerprint density at radius 3 is 2.88 bits per heavy atom. The Kier molecular flexibility index (Phi) is 4.65. The third-order valence-electron chi connectivity index (χ3n) is 4.64. The van der Waals surface area contributed by atoms with Crippen molar-refractivity contribution in [2.45, 2.75) is 38.1 Å². The molecular formula is C20H22N4S. The number of imidazole rings is 1. The van der Waals surface area contributed by atoms with Crippen LogP contribution < -0.4 is 5.73 Å². The van der Waals surface area contributed by atoms with E-state index in [0.717, 1.165) is 35.3 Å². The number of hydrogen-bond donors (Lipinski definition) is 2. The van der Waals surface area contributed by atoms with Gasteiger partial charge in [0.1, 0.15) is 11.7 Å². The van der Waals surface area contributed by atoms with Gasteiger partial charge in [-0.2, -0.15) is 0 Å². The smallest absolute Gasteiger partial charge is 0.131 e. The van der Waals surface area contributed by atoms with E-state index < -0.39 is 0 Å². The zero-order valence-corrected chi connectivity index (χ0v) is 14.9. The third-order valence-corrected chi connectivity index (χ3v) is 5.48. The molecule has 3 aromatic rings. The lowest BCUT2D eigenvalue weighted by atomic mass is 9.96. The standard InChI is InChI=1S/C20H22N4S/c21-20(22-15-5-2-1-3-6-15)14-8-10-17-18(13-14)24-19(23-17)11-9-16-7-4-12-25-16/h4,7-13,15H,1-3,5-6H2,(H2,21,22)(H,23,24)/b11-9+. The number of fused-ring (bicyclic) bond motifs is 1. The molecule has 0 unspecified atom stereocenters. The van der Waals surface area contributed by atoms with Crippen molar-refractivity contribution in [1.82, 2.24) is 9.97 Å². The minimum atomic E-state index is 0.385. The molecular weight excluding hydrogens is 328 g/mol. The molecule has 1 fully saturated rings. The SMILES string of the molecule is NC(=NC1CCCCC1)c1ccc2nc(/C=C/c3cccs3)[nH]c2c1. The first-order valence-electron chi connectivity index (χ1n) is 8.83. The first kappa shape index (κ1) is 16.1. The average Bonchev–Trinajstić information content (AvgIpc) is 3.29. The molecule has 5 heteroatoms. The molecule has 1 aliphatic carbocycles. The van der Waals surface area contributed by atoms with Crippen molar-refractivity contribution < 1.29 is 0 Å². The van der Waals surface area contributed by atoms with Gasteiger partial charge in [0.05, 0.1) is 17.1 Å². The largest absolute Gasteiger partial charge is 0.383 e. The molecule has 0 spiro atoms. The lowest BCUT2D eigenvalue weighted by molar-refractivity contribution is 0.443. The fraction of sp³-hybridized carbons (Fsp3) is 0.300. The number of nitrogens with one attached hydrogen (secondary N) is 1. The first-order chi connectivity index (χ1) is 12.3. The van der Waals surface area contributed by atoms with E-state index in [9.17, 15) is 0 Å².